The Balaban J connectivity index is 3.72. The van der Waals surface area contributed by atoms with Crippen molar-refractivity contribution >= 4 is 5.97 Å². The van der Waals surface area contributed by atoms with Crippen LogP contribution in [0.3, 0.4) is 0 Å². The molecule has 0 aliphatic heterocycles. The minimum absolute atomic E-state index is 0.311. The molecule has 0 rings (SSSR count). The standard InChI is InChI=1S/C18H26O2/c1-3-5-6-7-8-9-10-11-12-13-14-15-16-17-18(19)20-4-2/h8-17H,3-7H2,1-2H3/b9-8+,11-10+,13-12+,15-14+,17-16+. The van der Waals surface area contributed by atoms with Gasteiger partial charge in [-0.1, -0.05) is 74.4 Å². The Morgan fingerprint density at radius 2 is 1.45 bits per heavy atom. The van der Waals surface area contributed by atoms with Gasteiger partial charge in [-0.15, -0.1) is 0 Å². The number of esters is 1. The Kier molecular flexibility index (Phi) is 13.8. The molecular formula is C18H26O2. The van der Waals surface area contributed by atoms with Gasteiger partial charge < -0.3 is 4.74 Å². The summed E-state index contributed by atoms with van der Waals surface area (Å²) in [5.74, 6) is -0.311. The first kappa shape index (κ1) is 18.2. The number of hydrogen-bond donors (Lipinski definition) is 0. The van der Waals surface area contributed by atoms with E-state index in [-0.39, 0.29) is 5.97 Å². The molecule has 0 heterocycles. The fourth-order valence-corrected chi connectivity index (χ4v) is 1.40. The highest BCUT2D eigenvalue weighted by Gasteiger charge is 1.89. The highest BCUT2D eigenvalue weighted by Crippen LogP contribution is 1.99. The quantitative estimate of drug-likeness (QED) is 0.245. The van der Waals surface area contributed by atoms with Crippen molar-refractivity contribution in [2.75, 3.05) is 6.61 Å². The third kappa shape index (κ3) is 14.2. The zero-order chi connectivity index (χ0) is 14.9. The molecule has 0 amide bonds. The lowest BCUT2D eigenvalue weighted by atomic mass is 10.2. The number of carbonyl (C=O) groups excluding carboxylic acids is 1. The molecule has 0 fully saturated rings. The van der Waals surface area contributed by atoms with Crippen molar-refractivity contribution in [3.8, 4) is 0 Å². The summed E-state index contributed by atoms with van der Waals surface area (Å²) in [5, 5.41) is 0. The third-order valence-corrected chi connectivity index (χ3v) is 2.41. The van der Waals surface area contributed by atoms with Crippen molar-refractivity contribution in [1.29, 1.82) is 0 Å². The second-order valence-electron chi connectivity index (χ2n) is 4.19. The zero-order valence-corrected chi connectivity index (χ0v) is 12.6. The van der Waals surface area contributed by atoms with Gasteiger partial charge in [0.15, 0.2) is 0 Å². The monoisotopic (exact) mass is 274 g/mol. The Hall–Kier alpha value is -1.83. The first-order valence-corrected chi connectivity index (χ1v) is 7.31. The molecule has 110 valence electrons. The molecule has 0 aromatic heterocycles. The van der Waals surface area contributed by atoms with Crippen molar-refractivity contribution in [2.24, 2.45) is 0 Å². The van der Waals surface area contributed by atoms with Crippen molar-refractivity contribution < 1.29 is 9.53 Å². The van der Waals surface area contributed by atoms with Gasteiger partial charge in [0, 0.05) is 6.08 Å². The normalized spacial score (nSPS) is 12.7. The molecule has 0 saturated carbocycles. The van der Waals surface area contributed by atoms with Gasteiger partial charge in [0.25, 0.3) is 0 Å². The maximum atomic E-state index is 11.0. The minimum atomic E-state index is -0.311. The number of hydrogen-bond acceptors (Lipinski definition) is 2. The van der Waals surface area contributed by atoms with Gasteiger partial charge in [-0.25, -0.2) is 4.79 Å². The third-order valence-electron chi connectivity index (χ3n) is 2.41. The van der Waals surface area contributed by atoms with Crippen LogP contribution in [0.5, 0.6) is 0 Å². The second-order valence-corrected chi connectivity index (χ2v) is 4.19. The molecule has 0 saturated heterocycles. The maximum absolute atomic E-state index is 11.0. The van der Waals surface area contributed by atoms with Crippen molar-refractivity contribution in [1.82, 2.24) is 0 Å². The van der Waals surface area contributed by atoms with Crippen LogP contribution >= 0.6 is 0 Å². The van der Waals surface area contributed by atoms with E-state index >= 15 is 0 Å². The fraction of sp³-hybridized carbons (Fsp3) is 0.389. The van der Waals surface area contributed by atoms with Gasteiger partial charge in [-0.3, -0.25) is 0 Å². The molecule has 0 unspecified atom stereocenters. The smallest absolute Gasteiger partial charge is 0.330 e. The molecule has 0 spiro atoms. The van der Waals surface area contributed by atoms with Crippen LogP contribution in [-0.4, -0.2) is 12.6 Å². The van der Waals surface area contributed by atoms with Gasteiger partial charge in [0.05, 0.1) is 6.61 Å². The number of ether oxygens (including phenoxy) is 1. The summed E-state index contributed by atoms with van der Waals surface area (Å²) in [5.41, 5.74) is 0. The van der Waals surface area contributed by atoms with E-state index in [0.29, 0.717) is 6.61 Å². The van der Waals surface area contributed by atoms with Crippen LogP contribution in [0.1, 0.15) is 39.5 Å². The summed E-state index contributed by atoms with van der Waals surface area (Å²) in [6.45, 7) is 4.41. The fourth-order valence-electron chi connectivity index (χ4n) is 1.40. The first-order chi connectivity index (χ1) is 9.81. The van der Waals surface area contributed by atoms with Crippen molar-refractivity contribution in [3.05, 3.63) is 60.8 Å². The average molecular weight is 274 g/mol. The highest BCUT2D eigenvalue weighted by atomic mass is 16.5. The molecular weight excluding hydrogens is 248 g/mol. The van der Waals surface area contributed by atoms with Crippen LogP contribution in [0, 0.1) is 0 Å². The lowest BCUT2D eigenvalue weighted by Crippen LogP contribution is -1.98. The number of allylic oxidation sites excluding steroid dienone is 9. The minimum Gasteiger partial charge on any atom is -0.463 e. The molecule has 0 bridgehead atoms. The van der Waals surface area contributed by atoms with Gasteiger partial charge in [0.2, 0.25) is 0 Å². The van der Waals surface area contributed by atoms with Gasteiger partial charge in [-0.05, 0) is 19.8 Å². The lowest BCUT2D eigenvalue weighted by molar-refractivity contribution is -0.137. The summed E-state index contributed by atoms with van der Waals surface area (Å²) in [4.78, 5) is 11.0. The lowest BCUT2D eigenvalue weighted by Gasteiger charge is -1.92. The summed E-state index contributed by atoms with van der Waals surface area (Å²) < 4.78 is 4.75. The topological polar surface area (TPSA) is 26.3 Å². The van der Waals surface area contributed by atoms with E-state index in [9.17, 15) is 4.79 Å². The van der Waals surface area contributed by atoms with E-state index in [1.807, 2.05) is 30.4 Å². The summed E-state index contributed by atoms with van der Waals surface area (Å²) in [6.07, 6.45) is 23.9. The molecule has 0 aliphatic carbocycles. The molecule has 0 aromatic rings. The summed E-state index contributed by atoms with van der Waals surface area (Å²) >= 11 is 0. The highest BCUT2D eigenvalue weighted by molar-refractivity contribution is 5.82. The molecule has 2 nitrogen and oxygen atoms in total. The zero-order valence-electron chi connectivity index (χ0n) is 12.6. The van der Waals surface area contributed by atoms with Crippen LogP contribution < -0.4 is 0 Å². The summed E-state index contributed by atoms with van der Waals surface area (Å²) in [6, 6.07) is 0. The summed E-state index contributed by atoms with van der Waals surface area (Å²) in [7, 11) is 0. The Morgan fingerprint density at radius 3 is 2.05 bits per heavy atom. The van der Waals surface area contributed by atoms with E-state index in [4.69, 9.17) is 4.74 Å². The molecule has 20 heavy (non-hydrogen) atoms. The predicted molar refractivity (Wildman–Crippen MR) is 86.5 cm³/mol. The second kappa shape index (κ2) is 15.2. The van der Waals surface area contributed by atoms with Gasteiger partial charge >= 0.3 is 5.97 Å². The van der Waals surface area contributed by atoms with E-state index < -0.39 is 0 Å². The van der Waals surface area contributed by atoms with Crippen LogP contribution in [-0.2, 0) is 9.53 Å². The largest absolute Gasteiger partial charge is 0.463 e. The molecule has 0 aromatic carbocycles. The molecule has 0 aliphatic rings. The predicted octanol–water partition coefficient (Wildman–Crippen LogP) is 4.91. The van der Waals surface area contributed by atoms with Crippen molar-refractivity contribution in [2.45, 2.75) is 39.5 Å². The number of rotatable bonds is 10. The van der Waals surface area contributed by atoms with E-state index in [1.54, 1.807) is 19.1 Å². The van der Waals surface area contributed by atoms with Crippen LogP contribution in [0.4, 0.5) is 0 Å². The number of unbranched alkanes of at least 4 members (excludes halogenated alkanes) is 3. The average Bonchev–Trinajstić information content (AvgIpc) is 2.44. The molecule has 0 radical (unpaired) electrons. The Bertz CT molecular complexity index is 371. The SMILES string of the molecule is CCCCC/C=C/C=C/C=C/C=C/C=C/C(=O)OCC. The van der Waals surface area contributed by atoms with Gasteiger partial charge in [0.1, 0.15) is 0 Å². The molecule has 0 atom stereocenters. The Morgan fingerprint density at radius 1 is 0.850 bits per heavy atom. The maximum Gasteiger partial charge on any atom is 0.330 e. The van der Waals surface area contributed by atoms with Gasteiger partial charge in [-0.2, -0.15) is 0 Å². The van der Waals surface area contributed by atoms with Crippen molar-refractivity contribution in [3.63, 3.8) is 0 Å². The first-order valence-electron chi connectivity index (χ1n) is 7.31. The van der Waals surface area contributed by atoms with Crippen LogP contribution in [0.2, 0.25) is 0 Å². The molecule has 0 N–H and O–H groups in total. The van der Waals surface area contributed by atoms with E-state index in [0.717, 1.165) is 6.42 Å². The van der Waals surface area contributed by atoms with Crippen LogP contribution in [0.25, 0.3) is 0 Å². The number of carbonyl (C=O) groups is 1. The van der Waals surface area contributed by atoms with E-state index in [1.165, 1.54) is 25.3 Å². The van der Waals surface area contributed by atoms with E-state index in [2.05, 4.69) is 19.1 Å². The molecule has 2 heteroatoms. The Labute approximate surface area is 123 Å². The van der Waals surface area contributed by atoms with Crippen LogP contribution in [0.15, 0.2) is 60.8 Å².